The molecule has 7 heteroatoms. The van der Waals surface area contributed by atoms with E-state index < -0.39 is 6.10 Å². The topological polar surface area (TPSA) is 73.3 Å². The molecule has 6 aromatic rings. The Labute approximate surface area is 331 Å². The number of rotatable bonds is 17. The third kappa shape index (κ3) is 9.78. The average molecular weight is 749 g/mol. The van der Waals surface area contributed by atoms with E-state index in [0.717, 1.165) is 76.9 Å². The molecule has 7 nitrogen and oxygen atoms in total. The fourth-order valence-corrected chi connectivity index (χ4v) is 7.79. The normalized spacial score (nSPS) is 16.8. The third-order valence-corrected chi connectivity index (χ3v) is 10.9. The summed E-state index contributed by atoms with van der Waals surface area (Å²) in [4.78, 5) is 7.01. The smallest absolute Gasteiger partial charge is 0.203 e. The second kappa shape index (κ2) is 18.8. The van der Waals surface area contributed by atoms with Gasteiger partial charge in [-0.15, -0.1) is 6.58 Å². The summed E-state index contributed by atoms with van der Waals surface area (Å²) < 4.78 is 25.1. The zero-order valence-electron chi connectivity index (χ0n) is 32.4. The number of pyridine rings is 1. The lowest BCUT2D eigenvalue weighted by Gasteiger charge is -2.39. The number of likely N-dealkylation sites (tertiary alicyclic amines) is 1. The van der Waals surface area contributed by atoms with Crippen LogP contribution in [0.4, 0.5) is 0 Å². The van der Waals surface area contributed by atoms with Gasteiger partial charge < -0.3 is 24.1 Å². The molecule has 288 valence electrons. The molecule has 1 aliphatic rings. The van der Waals surface area contributed by atoms with Crippen LogP contribution in [0.15, 0.2) is 146 Å². The van der Waals surface area contributed by atoms with Crippen LogP contribution in [0.2, 0.25) is 0 Å². The number of ether oxygens (including phenoxy) is 4. The van der Waals surface area contributed by atoms with Crippen LogP contribution < -0.4 is 18.9 Å². The number of hydrogen-bond acceptors (Lipinski definition) is 7. The molecule has 1 aromatic heterocycles. The summed E-state index contributed by atoms with van der Waals surface area (Å²) in [5.74, 6) is 3.39. The van der Waals surface area contributed by atoms with Crippen molar-refractivity contribution >= 4 is 10.9 Å². The highest BCUT2D eigenvalue weighted by molar-refractivity contribution is 5.83. The molecular weight excluding hydrogens is 697 g/mol. The Morgan fingerprint density at radius 1 is 0.768 bits per heavy atom. The van der Waals surface area contributed by atoms with Crippen LogP contribution in [-0.4, -0.2) is 35.2 Å². The molecule has 0 radical (unpaired) electrons. The van der Waals surface area contributed by atoms with Crippen molar-refractivity contribution in [3.8, 4) is 23.0 Å². The zero-order valence-corrected chi connectivity index (χ0v) is 32.4. The molecule has 2 heterocycles. The minimum absolute atomic E-state index is 0.0443. The average Bonchev–Trinajstić information content (AvgIpc) is 3.25. The SMILES string of the molecule is C=CC1CN(Cc2cc(OCc3ccccc3)c(OCc3ccccc3)c(OCc3ccccc3)c2)CCC1CC(C)[C@H](O)c1ccnc2ccc(OC)cc12. The molecule has 1 aliphatic heterocycles. The van der Waals surface area contributed by atoms with Crippen molar-refractivity contribution in [2.45, 2.75) is 52.2 Å². The highest BCUT2D eigenvalue weighted by Crippen LogP contribution is 2.42. The molecular formula is C49H52N2O5. The molecule has 0 saturated carbocycles. The lowest BCUT2D eigenvalue weighted by atomic mass is 9.77. The summed E-state index contributed by atoms with van der Waals surface area (Å²) in [5.41, 5.74) is 6.05. The van der Waals surface area contributed by atoms with Gasteiger partial charge in [-0.3, -0.25) is 9.88 Å². The van der Waals surface area contributed by atoms with E-state index in [0.29, 0.717) is 43.0 Å². The van der Waals surface area contributed by atoms with Gasteiger partial charge in [0.25, 0.3) is 0 Å². The Bertz CT molecular complexity index is 2100. The monoisotopic (exact) mass is 748 g/mol. The predicted octanol–water partition coefficient (Wildman–Crippen LogP) is 10.4. The Balaban J connectivity index is 1.09. The molecule has 5 aromatic carbocycles. The van der Waals surface area contributed by atoms with Crippen molar-refractivity contribution in [2.24, 2.45) is 17.8 Å². The first-order chi connectivity index (χ1) is 27.5. The number of nitrogens with zero attached hydrogens (tertiary/aromatic N) is 2. The summed E-state index contributed by atoms with van der Waals surface area (Å²) in [7, 11) is 1.66. The molecule has 4 atom stereocenters. The maximum Gasteiger partial charge on any atom is 0.203 e. The number of hydrogen-bond donors (Lipinski definition) is 1. The van der Waals surface area contributed by atoms with Crippen molar-refractivity contribution in [2.75, 3.05) is 20.2 Å². The maximum absolute atomic E-state index is 11.7. The van der Waals surface area contributed by atoms with Crippen LogP contribution in [0.3, 0.4) is 0 Å². The largest absolute Gasteiger partial charge is 0.497 e. The lowest BCUT2D eigenvalue weighted by Crippen LogP contribution is -2.40. The van der Waals surface area contributed by atoms with Gasteiger partial charge >= 0.3 is 0 Å². The molecule has 1 N–H and O–H groups in total. The first-order valence-corrected chi connectivity index (χ1v) is 19.6. The van der Waals surface area contributed by atoms with E-state index in [9.17, 15) is 5.11 Å². The molecule has 0 amide bonds. The standard InChI is InChI=1S/C49H52N2O5/c1-4-40-31-51(25-23-41(40)26-35(2)48(52)43-22-24-50-45-21-20-42(53-3)29-44(43)45)30-39-27-46(54-32-36-14-8-5-9-15-36)49(56-34-38-18-12-7-13-19-38)47(28-39)55-33-37-16-10-6-11-17-37/h4-22,24,27-29,35,40-41,48,52H,1,23,25-26,30-34H2,2-3H3/t35?,40?,41?,48-/m0/s1. The van der Waals surface area contributed by atoms with Crippen molar-refractivity contribution in [3.63, 3.8) is 0 Å². The summed E-state index contributed by atoms with van der Waals surface area (Å²) in [6, 6.07) is 42.5. The van der Waals surface area contributed by atoms with Crippen LogP contribution in [0.25, 0.3) is 10.9 Å². The van der Waals surface area contributed by atoms with Crippen molar-refractivity contribution < 1.29 is 24.1 Å². The van der Waals surface area contributed by atoms with E-state index in [-0.39, 0.29) is 11.8 Å². The number of fused-ring (bicyclic) bond motifs is 1. The first-order valence-electron chi connectivity index (χ1n) is 19.6. The number of methoxy groups -OCH3 is 1. The van der Waals surface area contributed by atoms with Crippen LogP contribution in [0.5, 0.6) is 23.0 Å². The Hall–Kier alpha value is -5.63. The molecule has 0 bridgehead atoms. The summed E-state index contributed by atoms with van der Waals surface area (Å²) >= 11 is 0. The van der Waals surface area contributed by atoms with Gasteiger partial charge in [0.2, 0.25) is 5.75 Å². The van der Waals surface area contributed by atoms with Crippen LogP contribution in [0, 0.1) is 17.8 Å². The first kappa shape index (κ1) is 38.6. The second-order valence-electron chi connectivity index (χ2n) is 14.9. The van der Waals surface area contributed by atoms with E-state index in [4.69, 9.17) is 18.9 Å². The van der Waals surface area contributed by atoms with E-state index in [1.165, 1.54) is 0 Å². The highest BCUT2D eigenvalue weighted by atomic mass is 16.5. The minimum Gasteiger partial charge on any atom is -0.497 e. The number of aromatic nitrogens is 1. The van der Waals surface area contributed by atoms with Gasteiger partial charge in [0.15, 0.2) is 11.5 Å². The van der Waals surface area contributed by atoms with Gasteiger partial charge in [-0.2, -0.15) is 0 Å². The minimum atomic E-state index is -0.623. The molecule has 56 heavy (non-hydrogen) atoms. The molecule has 0 spiro atoms. The molecule has 0 aliphatic carbocycles. The van der Waals surface area contributed by atoms with Gasteiger partial charge in [0, 0.05) is 24.7 Å². The van der Waals surface area contributed by atoms with Crippen LogP contribution >= 0.6 is 0 Å². The van der Waals surface area contributed by atoms with E-state index in [1.807, 2.05) is 78.9 Å². The summed E-state index contributed by atoms with van der Waals surface area (Å²) in [5, 5.41) is 12.6. The predicted molar refractivity (Wildman–Crippen MR) is 223 cm³/mol. The van der Waals surface area contributed by atoms with Gasteiger partial charge in [0.05, 0.1) is 18.7 Å². The second-order valence-corrected chi connectivity index (χ2v) is 14.9. The van der Waals surface area contributed by atoms with Crippen molar-refractivity contribution in [1.29, 1.82) is 0 Å². The van der Waals surface area contributed by atoms with Crippen LogP contribution in [-0.2, 0) is 26.4 Å². The Morgan fingerprint density at radius 2 is 1.36 bits per heavy atom. The third-order valence-electron chi connectivity index (χ3n) is 10.9. The fourth-order valence-electron chi connectivity index (χ4n) is 7.79. The van der Waals surface area contributed by atoms with Gasteiger partial charge in [-0.25, -0.2) is 0 Å². The van der Waals surface area contributed by atoms with Crippen molar-refractivity contribution in [1.82, 2.24) is 9.88 Å². The van der Waals surface area contributed by atoms with Gasteiger partial charge in [0.1, 0.15) is 25.6 Å². The summed E-state index contributed by atoms with van der Waals surface area (Å²) in [6.07, 6.45) is 5.16. The maximum atomic E-state index is 11.7. The molecule has 1 fully saturated rings. The lowest BCUT2D eigenvalue weighted by molar-refractivity contribution is 0.0721. The molecule has 1 saturated heterocycles. The molecule has 3 unspecified atom stereocenters. The Morgan fingerprint density at radius 3 is 1.93 bits per heavy atom. The van der Waals surface area contributed by atoms with E-state index in [1.54, 1.807) is 13.3 Å². The highest BCUT2D eigenvalue weighted by Gasteiger charge is 2.31. The Kier molecular flexibility index (Phi) is 13.0. The molecule has 7 rings (SSSR count). The van der Waals surface area contributed by atoms with Crippen molar-refractivity contribution in [3.05, 3.63) is 174 Å². The fraction of sp³-hybridized carbons (Fsp3) is 0.286. The van der Waals surface area contributed by atoms with E-state index in [2.05, 4.69) is 78.0 Å². The quantitative estimate of drug-likeness (QED) is 0.0931. The van der Waals surface area contributed by atoms with Gasteiger partial charge in [-0.1, -0.05) is 104 Å². The number of aliphatic hydroxyl groups is 1. The number of aliphatic hydroxyl groups excluding tert-OH is 1. The van der Waals surface area contributed by atoms with Crippen LogP contribution in [0.1, 0.15) is 53.7 Å². The summed E-state index contributed by atoms with van der Waals surface area (Å²) in [6.45, 7) is 10.1. The van der Waals surface area contributed by atoms with E-state index >= 15 is 0 Å². The zero-order chi connectivity index (χ0) is 38.7. The van der Waals surface area contributed by atoms with Gasteiger partial charge in [-0.05, 0) is 101 Å². The number of piperidine rings is 1. The number of benzene rings is 5.